The quantitative estimate of drug-likeness (QED) is 0.216. The van der Waals surface area contributed by atoms with Gasteiger partial charge in [-0.15, -0.1) is 10.2 Å². The van der Waals surface area contributed by atoms with Crippen LogP contribution in [0.2, 0.25) is 0 Å². The fraction of sp³-hybridized carbons (Fsp3) is 0.286. The molecule has 12 nitrogen and oxygen atoms in total. The molecule has 12 heteroatoms. The van der Waals surface area contributed by atoms with Gasteiger partial charge in [-0.1, -0.05) is 65.9 Å². The third kappa shape index (κ3) is 5.98. The molecule has 0 fully saturated rings. The van der Waals surface area contributed by atoms with Gasteiger partial charge in [-0.2, -0.15) is 0 Å². The Labute approximate surface area is 230 Å². The van der Waals surface area contributed by atoms with Crippen LogP contribution in [0.5, 0.6) is 0 Å². The van der Waals surface area contributed by atoms with E-state index in [4.69, 9.17) is 5.11 Å². The van der Waals surface area contributed by atoms with Crippen LogP contribution in [0.25, 0.3) is 22.1 Å². The summed E-state index contributed by atoms with van der Waals surface area (Å²) in [6.07, 6.45) is -0.562. The van der Waals surface area contributed by atoms with Gasteiger partial charge in [0, 0.05) is 6.42 Å². The molecule has 208 valence electrons. The zero-order chi connectivity index (χ0) is 28.9. The van der Waals surface area contributed by atoms with Crippen LogP contribution in [0.4, 0.5) is 0 Å². The third-order valence-electron chi connectivity index (χ3n) is 6.42. The molecule has 0 spiro atoms. The SMILES string of the molecule is CCC(=O)O.CNC(c1ccc(C(NC(C)(C)C(=O)O)n2nnc3ccccc32)cc1)n1nnc2ccccc21. The summed E-state index contributed by atoms with van der Waals surface area (Å²) >= 11 is 0. The first-order chi connectivity index (χ1) is 19.2. The molecule has 2 heterocycles. The summed E-state index contributed by atoms with van der Waals surface area (Å²) in [4.78, 5) is 21.3. The van der Waals surface area contributed by atoms with E-state index in [-0.39, 0.29) is 12.6 Å². The van der Waals surface area contributed by atoms with Crippen molar-refractivity contribution in [3.05, 3.63) is 83.9 Å². The summed E-state index contributed by atoms with van der Waals surface area (Å²) in [6.45, 7) is 4.85. The van der Waals surface area contributed by atoms with Gasteiger partial charge in [0.25, 0.3) is 0 Å². The highest BCUT2D eigenvalue weighted by Gasteiger charge is 2.32. The van der Waals surface area contributed by atoms with Crippen molar-refractivity contribution < 1.29 is 19.8 Å². The van der Waals surface area contributed by atoms with Crippen molar-refractivity contribution in [2.45, 2.75) is 45.1 Å². The molecule has 3 aromatic carbocycles. The van der Waals surface area contributed by atoms with Crippen molar-refractivity contribution in [2.24, 2.45) is 0 Å². The van der Waals surface area contributed by atoms with E-state index in [1.165, 1.54) is 0 Å². The van der Waals surface area contributed by atoms with Crippen molar-refractivity contribution in [3.8, 4) is 0 Å². The molecule has 4 N–H and O–H groups in total. The van der Waals surface area contributed by atoms with Crippen LogP contribution >= 0.6 is 0 Å². The van der Waals surface area contributed by atoms with Gasteiger partial charge in [0.1, 0.15) is 28.9 Å². The van der Waals surface area contributed by atoms with Gasteiger partial charge in [0.2, 0.25) is 0 Å². The number of nitrogens with zero attached hydrogens (tertiary/aromatic N) is 6. The van der Waals surface area contributed by atoms with Crippen LogP contribution in [0.3, 0.4) is 0 Å². The van der Waals surface area contributed by atoms with Crippen LogP contribution < -0.4 is 10.6 Å². The van der Waals surface area contributed by atoms with Crippen LogP contribution in [0.15, 0.2) is 72.8 Å². The topological polar surface area (TPSA) is 160 Å². The molecule has 0 aliphatic heterocycles. The highest BCUT2D eigenvalue weighted by Crippen LogP contribution is 2.26. The largest absolute Gasteiger partial charge is 0.481 e. The van der Waals surface area contributed by atoms with Gasteiger partial charge in [-0.25, -0.2) is 9.36 Å². The van der Waals surface area contributed by atoms with Gasteiger partial charge in [-0.3, -0.25) is 20.2 Å². The van der Waals surface area contributed by atoms with Crippen LogP contribution in [-0.4, -0.2) is 64.7 Å². The number of fused-ring (bicyclic) bond motifs is 2. The van der Waals surface area contributed by atoms with Gasteiger partial charge in [-0.05, 0) is 56.3 Å². The normalized spacial score (nSPS) is 13.0. The highest BCUT2D eigenvalue weighted by molar-refractivity contribution is 5.78. The first kappa shape index (κ1) is 28.3. The van der Waals surface area contributed by atoms with Crippen molar-refractivity contribution in [3.63, 3.8) is 0 Å². The van der Waals surface area contributed by atoms with Crippen LogP contribution in [0, 0.1) is 0 Å². The summed E-state index contributed by atoms with van der Waals surface area (Å²) < 4.78 is 3.56. The molecule has 40 heavy (non-hydrogen) atoms. The number of aliphatic carboxylic acids is 2. The number of aromatic nitrogens is 6. The molecule has 0 saturated heterocycles. The van der Waals surface area contributed by atoms with Crippen molar-refractivity contribution in [2.75, 3.05) is 7.05 Å². The first-order valence-electron chi connectivity index (χ1n) is 12.8. The maximum atomic E-state index is 11.9. The molecule has 0 aliphatic carbocycles. The van der Waals surface area contributed by atoms with E-state index >= 15 is 0 Å². The number of benzene rings is 3. The fourth-order valence-corrected chi connectivity index (χ4v) is 4.14. The number of hydrogen-bond donors (Lipinski definition) is 4. The molecular weight excluding hydrogens is 512 g/mol. The number of hydrogen-bond acceptors (Lipinski definition) is 8. The lowest BCUT2D eigenvalue weighted by Gasteiger charge is -2.29. The summed E-state index contributed by atoms with van der Waals surface area (Å²) in [6, 6.07) is 23.3. The standard InChI is InChI=1S/C25H26N8O2.C3H6O2/c1-25(2,24(34)35)27-23(33-21-11-7-5-9-19(21)29-31-33)17-14-12-16(13-15-17)22(26-3)32-20-10-6-4-8-18(20)28-30-32;1-2-3(4)5/h4-15,22-23,26-27H,1-3H3,(H,34,35);2H2,1H3,(H,4,5). The van der Waals surface area contributed by atoms with Gasteiger partial charge < -0.3 is 10.2 Å². The molecule has 2 unspecified atom stereocenters. The minimum atomic E-state index is -1.20. The molecular formula is C28H32N8O4. The number of carbonyl (C=O) groups is 2. The third-order valence-corrected chi connectivity index (χ3v) is 6.42. The lowest BCUT2D eigenvalue weighted by Crippen LogP contribution is -2.50. The monoisotopic (exact) mass is 544 g/mol. The molecule has 0 radical (unpaired) electrons. The van der Waals surface area contributed by atoms with E-state index in [1.807, 2.05) is 84.5 Å². The summed E-state index contributed by atoms with van der Waals surface area (Å²) in [5.41, 5.74) is 3.90. The Kier molecular flexibility index (Phi) is 8.51. The number of rotatable bonds is 9. The van der Waals surface area contributed by atoms with E-state index in [2.05, 4.69) is 31.3 Å². The Morgan fingerprint density at radius 3 is 1.65 bits per heavy atom. The van der Waals surface area contributed by atoms with Crippen molar-refractivity contribution in [1.82, 2.24) is 40.6 Å². The van der Waals surface area contributed by atoms with Gasteiger partial charge in [0.15, 0.2) is 0 Å². The Bertz CT molecular complexity index is 1610. The number of carboxylic acid groups (broad SMARTS) is 2. The lowest BCUT2D eigenvalue weighted by atomic mass is 10.0. The zero-order valence-electron chi connectivity index (χ0n) is 22.7. The zero-order valence-corrected chi connectivity index (χ0v) is 22.7. The highest BCUT2D eigenvalue weighted by atomic mass is 16.4. The summed E-state index contributed by atoms with van der Waals surface area (Å²) in [5.74, 6) is -1.71. The summed E-state index contributed by atoms with van der Waals surface area (Å²) in [5, 5.41) is 41.2. The van der Waals surface area contributed by atoms with E-state index in [0.29, 0.717) is 0 Å². The van der Waals surface area contributed by atoms with Gasteiger partial charge in [0.05, 0.1) is 11.0 Å². The predicted octanol–water partition coefficient (Wildman–Crippen LogP) is 3.42. The van der Waals surface area contributed by atoms with E-state index in [0.717, 1.165) is 33.2 Å². The molecule has 0 aliphatic rings. The van der Waals surface area contributed by atoms with Crippen LogP contribution in [-0.2, 0) is 9.59 Å². The average molecular weight is 545 g/mol. The Morgan fingerprint density at radius 2 is 1.23 bits per heavy atom. The minimum Gasteiger partial charge on any atom is -0.481 e. The number of carboxylic acids is 2. The van der Waals surface area contributed by atoms with Gasteiger partial charge >= 0.3 is 11.9 Å². The Hall–Kier alpha value is -4.68. The Morgan fingerprint density at radius 1 is 0.800 bits per heavy atom. The van der Waals surface area contributed by atoms with E-state index in [9.17, 15) is 14.7 Å². The second-order valence-electron chi connectivity index (χ2n) is 9.63. The van der Waals surface area contributed by atoms with E-state index < -0.39 is 23.6 Å². The molecule has 5 aromatic rings. The second kappa shape index (κ2) is 12.0. The molecule has 0 saturated carbocycles. The molecule has 2 atom stereocenters. The smallest absolute Gasteiger partial charge is 0.323 e. The maximum absolute atomic E-state index is 11.9. The molecule has 0 bridgehead atoms. The predicted molar refractivity (Wildman–Crippen MR) is 150 cm³/mol. The average Bonchev–Trinajstić information content (AvgIpc) is 3.58. The maximum Gasteiger partial charge on any atom is 0.323 e. The molecule has 5 rings (SSSR count). The Balaban J connectivity index is 0.000000681. The second-order valence-corrected chi connectivity index (χ2v) is 9.63. The van der Waals surface area contributed by atoms with Crippen molar-refractivity contribution >= 4 is 34.0 Å². The fourth-order valence-electron chi connectivity index (χ4n) is 4.14. The molecule has 2 aromatic heterocycles. The number of para-hydroxylation sites is 2. The molecule has 0 amide bonds. The minimum absolute atomic E-state index is 0.222. The number of nitrogens with one attached hydrogen (secondary N) is 2. The summed E-state index contributed by atoms with van der Waals surface area (Å²) in [7, 11) is 1.87. The lowest BCUT2D eigenvalue weighted by molar-refractivity contribution is -0.144. The van der Waals surface area contributed by atoms with Crippen molar-refractivity contribution in [1.29, 1.82) is 0 Å². The van der Waals surface area contributed by atoms with Crippen LogP contribution in [0.1, 0.15) is 50.7 Å². The van der Waals surface area contributed by atoms with E-state index in [1.54, 1.807) is 25.5 Å². The first-order valence-corrected chi connectivity index (χ1v) is 12.8.